The molecule has 0 atom stereocenters. The van der Waals surface area contributed by atoms with Crippen molar-refractivity contribution in [1.29, 1.82) is 0 Å². The average molecular weight is 386 g/mol. The van der Waals surface area contributed by atoms with Crippen LogP contribution >= 0.6 is 63.1 Å². The Labute approximate surface area is 144 Å². The van der Waals surface area contributed by atoms with Gasteiger partial charge in [0.15, 0.2) is 0 Å². The first-order valence-corrected chi connectivity index (χ1v) is 4.51. The van der Waals surface area contributed by atoms with Crippen LogP contribution in [0.15, 0.2) is 0 Å². The van der Waals surface area contributed by atoms with Crippen LogP contribution in [0, 0.1) is 58.4 Å². The molecule has 0 saturated carbocycles. The molecule has 0 aliphatic heterocycles. The molecule has 0 fully saturated rings. The summed E-state index contributed by atoms with van der Waals surface area (Å²) in [6, 6.07) is 0. The Hall–Kier alpha value is -1.45. The molecule has 0 saturated heterocycles. The summed E-state index contributed by atoms with van der Waals surface area (Å²) in [5.74, 6) is 0. The molecule has 115 valence electrons. The van der Waals surface area contributed by atoms with Gasteiger partial charge in [-0.1, -0.05) is 0 Å². The summed E-state index contributed by atoms with van der Waals surface area (Å²) in [6.45, 7) is 0. The molecule has 0 aromatic heterocycles. The second kappa shape index (κ2) is 381. The third-order valence-electron chi connectivity index (χ3n) is 0. The fourth-order valence-electron chi connectivity index (χ4n) is 0. The summed E-state index contributed by atoms with van der Waals surface area (Å²) >= 11 is 19.6. The quantitative estimate of drug-likeness (QED) is 0.421. The third-order valence-corrected chi connectivity index (χ3v) is 0. The lowest BCUT2D eigenvalue weighted by molar-refractivity contribution is 1.11. The predicted octanol–water partition coefficient (Wildman–Crippen LogP) is 4.64. The van der Waals surface area contributed by atoms with E-state index in [4.69, 9.17) is 0 Å². The van der Waals surface area contributed by atoms with Crippen LogP contribution in [0.25, 0.3) is 0 Å². The molecule has 5 radical (unpaired) electrons. The molecule has 0 nitrogen and oxygen atoms in total. The number of rotatable bonds is 0. The van der Waals surface area contributed by atoms with Crippen LogP contribution in [0.4, 0.5) is 23.5 Å². The van der Waals surface area contributed by atoms with Crippen LogP contribution in [0.3, 0.4) is 0 Å². The Morgan fingerprint density at radius 3 is 0.350 bits per heavy atom. The van der Waals surface area contributed by atoms with E-state index in [9.17, 15) is 0 Å². The number of halogens is 5. The Kier molecular flexibility index (Phi) is 1490. The van der Waals surface area contributed by atoms with E-state index in [1.54, 1.807) is 0 Å². The highest BCUT2D eigenvalue weighted by molar-refractivity contribution is 7.86. The summed E-state index contributed by atoms with van der Waals surface area (Å²) in [4.78, 5) is 0. The normalized spacial score (nSPS) is 1.75. The van der Waals surface area contributed by atoms with Crippen molar-refractivity contribution in [2.45, 2.75) is 0 Å². The topological polar surface area (TPSA) is 0 Å². The van der Waals surface area contributed by atoms with Crippen LogP contribution in [-0.2, 0) is 0 Å². The smallest absolute Gasteiger partial charge is 0.00294 e. The van der Waals surface area contributed by atoms with Crippen LogP contribution in [0.5, 0.6) is 0 Å². The zero-order chi connectivity index (χ0) is 13.5. The number of terminal acetylenes is 5. The maximum Gasteiger partial charge on any atom is -0.00294 e. The molecule has 0 spiro atoms. The second-order valence-corrected chi connectivity index (χ2v) is 1.77. The Balaban J connectivity index is -0.00000000735. The summed E-state index contributed by atoms with van der Waals surface area (Å²) in [5.41, 5.74) is 0. The highest BCUT2D eigenvalue weighted by Gasteiger charge is 1.15. The molecule has 0 aliphatic carbocycles. The van der Waals surface area contributed by atoms with Gasteiger partial charge in [-0.3, -0.25) is 23.5 Å². The molecule has 0 aromatic carbocycles. The molecule has 0 N–H and O–H groups in total. The van der Waals surface area contributed by atoms with E-state index in [1.165, 1.54) is 0 Å². The maximum absolute atomic E-state index is 4.41. The van der Waals surface area contributed by atoms with E-state index in [0.29, 0.717) is 0 Å². The van der Waals surface area contributed by atoms with Crippen LogP contribution in [0.2, 0.25) is 0 Å². The van der Waals surface area contributed by atoms with Gasteiger partial charge in [0.25, 0.3) is 0 Å². The van der Waals surface area contributed by atoms with Gasteiger partial charge in [-0.2, -0.15) is 0 Å². The van der Waals surface area contributed by atoms with Gasteiger partial charge in [0.2, 0.25) is 0 Å². The molecule has 0 unspecified atom stereocenters. The van der Waals surface area contributed by atoms with Crippen molar-refractivity contribution in [3.63, 3.8) is 0 Å². The van der Waals surface area contributed by atoms with Crippen molar-refractivity contribution in [2.75, 3.05) is 0 Å². The van der Waals surface area contributed by atoms with Crippen molar-refractivity contribution in [2.24, 2.45) is 0 Å². The predicted molar refractivity (Wildman–Crippen MR) is 94.6 cm³/mol. The lowest BCUT2D eigenvalue weighted by Gasteiger charge is -1.18. The summed E-state index contributed by atoms with van der Waals surface area (Å²) in [7, 11) is 0. The Bertz CT molecular complexity index is 207. The van der Waals surface area contributed by atoms with E-state index in [2.05, 4.69) is 95.3 Å². The van der Waals surface area contributed by atoms with E-state index < -0.39 is 0 Å². The Morgan fingerprint density at radius 1 is 0.350 bits per heavy atom. The van der Waals surface area contributed by atoms with Gasteiger partial charge in [-0.05, 0) is 89.4 Å². The van der Waals surface area contributed by atoms with Crippen LogP contribution in [-0.4, -0.2) is 0 Å². The molecular weight excluding hydrogens is 375 g/mol. The van der Waals surface area contributed by atoms with Crippen molar-refractivity contribution >= 4 is 63.1 Å². The fourth-order valence-corrected chi connectivity index (χ4v) is 0. The molecule has 0 rings (SSSR count). The van der Waals surface area contributed by atoms with Gasteiger partial charge >= 0.3 is 0 Å². The van der Waals surface area contributed by atoms with E-state index in [-0.39, 0.29) is 23.5 Å². The molecule has 0 bridgehead atoms. The van der Waals surface area contributed by atoms with Gasteiger partial charge in [0, 0.05) is 0 Å². The number of hydrogen-bond donors (Lipinski definition) is 0. The van der Waals surface area contributed by atoms with E-state index in [1.807, 2.05) is 26.3 Å². The SMILES string of the molecule is C#C[S].C#C[S].C#C[S].C#C[S].C#C[S].F.F.F.F.F. The minimum atomic E-state index is 0. The highest BCUT2D eigenvalue weighted by Crippen LogP contribution is 1.47. The van der Waals surface area contributed by atoms with Gasteiger partial charge in [-0.15, -0.1) is 32.1 Å². The van der Waals surface area contributed by atoms with Crippen molar-refractivity contribution in [3.05, 3.63) is 0 Å². The lowest BCUT2D eigenvalue weighted by Crippen LogP contribution is -0.963. The van der Waals surface area contributed by atoms with E-state index in [0.717, 1.165) is 0 Å². The zero-order valence-electron chi connectivity index (χ0n) is 9.47. The molecule has 20 heavy (non-hydrogen) atoms. The van der Waals surface area contributed by atoms with Gasteiger partial charge in [0.1, 0.15) is 0 Å². The molecule has 0 amide bonds. The first-order chi connectivity index (χ1) is 7.07. The highest BCUT2D eigenvalue weighted by atomic mass is 32.1. The third kappa shape index (κ3) is 1900. The first kappa shape index (κ1) is 78.2. The summed E-state index contributed by atoms with van der Waals surface area (Å²) in [5, 5.41) is 9.17. The minimum absolute atomic E-state index is 0. The fraction of sp³-hybridized carbons (Fsp3) is 0. The average Bonchev–Trinajstić information content (AvgIpc) is 2.09. The largest absolute Gasteiger partial charge is 0.269 e. The molecule has 0 heterocycles. The van der Waals surface area contributed by atoms with Crippen molar-refractivity contribution in [3.8, 4) is 58.4 Å². The van der Waals surface area contributed by atoms with Gasteiger partial charge < -0.3 is 0 Å². The lowest BCUT2D eigenvalue weighted by atomic mass is 11.4. The molecule has 10 heteroatoms. The second-order valence-electron chi connectivity index (χ2n) is 0.589. The maximum atomic E-state index is 4.41. The molecule has 0 aromatic rings. The molecular formula is C10H10F5S5. The van der Waals surface area contributed by atoms with Crippen LogP contribution in [0.1, 0.15) is 0 Å². The van der Waals surface area contributed by atoms with E-state index >= 15 is 0 Å². The Morgan fingerprint density at radius 2 is 0.350 bits per heavy atom. The van der Waals surface area contributed by atoms with Crippen LogP contribution < -0.4 is 0 Å². The molecule has 0 aliphatic rings. The standard InChI is InChI=1S/5C2HS.5FH/c5*1-2-3;;;;;/h5*1H;5*1H. The monoisotopic (exact) mass is 385 g/mol. The minimum Gasteiger partial charge on any atom is -0.269 e. The van der Waals surface area contributed by atoms with Crippen molar-refractivity contribution in [1.82, 2.24) is 0 Å². The summed E-state index contributed by atoms with van der Waals surface area (Å²) in [6.07, 6.45) is 22.1. The van der Waals surface area contributed by atoms with Gasteiger partial charge in [0.05, 0.1) is 0 Å². The number of hydrogen-bond acceptors (Lipinski definition) is 0. The van der Waals surface area contributed by atoms with Gasteiger partial charge in [-0.25, -0.2) is 0 Å². The summed E-state index contributed by atoms with van der Waals surface area (Å²) < 4.78 is 0. The first-order valence-electron chi connectivity index (χ1n) is 2.46. The zero-order valence-corrected chi connectivity index (χ0v) is 13.6. The van der Waals surface area contributed by atoms with Crippen molar-refractivity contribution < 1.29 is 23.5 Å².